The zero-order chi connectivity index (χ0) is 15.7. The van der Waals surface area contributed by atoms with Gasteiger partial charge in [-0.3, -0.25) is 4.79 Å². The minimum atomic E-state index is -0.930. The molecular weight excluding hydrogens is 262 g/mol. The lowest BCUT2D eigenvalue weighted by Gasteiger charge is -2.20. The Morgan fingerprint density at radius 1 is 1.29 bits per heavy atom. The normalized spacial score (nSPS) is 10.9. The number of ketones is 1. The first kappa shape index (κ1) is 17.4. The fraction of sp³-hybridized carbons (Fsp3) is 0.500. The topological polar surface area (TPSA) is 63.3 Å². The zero-order valence-corrected chi connectivity index (χ0v) is 13.0. The van der Waals surface area contributed by atoms with Crippen LogP contribution in [0.5, 0.6) is 0 Å². The fourth-order valence-electron chi connectivity index (χ4n) is 2.31. The lowest BCUT2D eigenvalue weighted by Crippen LogP contribution is -2.25. The van der Waals surface area contributed by atoms with Gasteiger partial charge >= 0.3 is 0 Å². The smallest absolute Gasteiger partial charge is 0.164 e. The Balaban J connectivity index is 2.95. The van der Waals surface area contributed by atoms with E-state index in [0.29, 0.717) is 31.4 Å². The highest BCUT2D eigenvalue weighted by Crippen LogP contribution is 2.18. The molecule has 21 heavy (non-hydrogen) atoms. The van der Waals surface area contributed by atoms with Gasteiger partial charge in [-0.2, -0.15) is 0 Å². The monoisotopic (exact) mass is 287 g/mol. The van der Waals surface area contributed by atoms with E-state index in [2.05, 4.69) is 11.8 Å². The number of rotatable bonds is 7. The summed E-state index contributed by atoms with van der Waals surface area (Å²) >= 11 is 0. The van der Waals surface area contributed by atoms with Gasteiger partial charge in [-0.05, 0) is 31.5 Å². The van der Waals surface area contributed by atoms with Gasteiger partial charge in [-0.1, -0.05) is 50.7 Å². The first-order chi connectivity index (χ1) is 10.0. The molecule has 0 spiro atoms. The van der Waals surface area contributed by atoms with E-state index in [1.165, 1.54) is 0 Å². The van der Waals surface area contributed by atoms with Gasteiger partial charge in [0.2, 0.25) is 0 Å². The molecule has 3 heteroatoms. The second-order valence-electron chi connectivity index (χ2n) is 5.32. The molecule has 0 atom stereocenters. The molecule has 0 amide bonds. The molecule has 0 aliphatic rings. The van der Waals surface area contributed by atoms with Crippen molar-refractivity contribution in [2.24, 2.45) is 5.73 Å². The van der Waals surface area contributed by atoms with E-state index in [4.69, 9.17) is 5.73 Å². The Kier molecular flexibility index (Phi) is 7.14. The van der Waals surface area contributed by atoms with E-state index >= 15 is 0 Å². The van der Waals surface area contributed by atoms with E-state index < -0.39 is 5.60 Å². The van der Waals surface area contributed by atoms with Crippen LogP contribution in [0.1, 0.15) is 61.9 Å². The Hall–Kier alpha value is -1.63. The zero-order valence-electron chi connectivity index (χ0n) is 13.0. The minimum absolute atomic E-state index is 0.0264. The molecule has 0 unspecified atom stereocenters. The molecule has 0 radical (unpaired) electrons. The highest BCUT2D eigenvalue weighted by Gasteiger charge is 2.21. The predicted octanol–water partition coefficient (Wildman–Crippen LogP) is 2.90. The first-order valence-electron chi connectivity index (χ1n) is 7.63. The molecule has 3 nitrogen and oxygen atoms in total. The van der Waals surface area contributed by atoms with Gasteiger partial charge in [0, 0.05) is 17.5 Å². The van der Waals surface area contributed by atoms with E-state index in [9.17, 15) is 9.90 Å². The van der Waals surface area contributed by atoms with E-state index in [1.807, 2.05) is 26.0 Å². The molecule has 0 aliphatic carbocycles. The number of carbonyl (C=O) groups is 1. The molecule has 1 rings (SSSR count). The van der Waals surface area contributed by atoms with Gasteiger partial charge in [-0.25, -0.2) is 0 Å². The summed E-state index contributed by atoms with van der Waals surface area (Å²) in [5.74, 6) is 6.02. The summed E-state index contributed by atoms with van der Waals surface area (Å²) in [5.41, 5.74) is 5.86. The molecule has 0 bridgehead atoms. The van der Waals surface area contributed by atoms with Crippen LogP contribution in [0.15, 0.2) is 24.3 Å². The van der Waals surface area contributed by atoms with Gasteiger partial charge in [0.25, 0.3) is 0 Å². The van der Waals surface area contributed by atoms with Gasteiger partial charge in [0.05, 0.1) is 0 Å². The number of benzene rings is 1. The van der Waals surface area contributed by atoms with Crippen molar-refractivity contribution in [3.05, 3.63) is 35.4 Å². The van der Waals surface area contributed by atoms with Crippen molar-refractivity contribution in [1.29, 1.82) is 0 Å². The van der Waals surface area contributed by atoms with Crippen molar-refractivity contribution in [2.75, 3.05) is 6.54 Å². The van der Waals surface area contributed by atoms with Crippen molar-refractivity contribution in [1.82, 2.24) is 0 Å². The standard InChI is InChI=1S/C18H25NO2/c1-3-10-18(21,11-4-2)12-8-15-6-5-7-16(14-15)17(20)9-13-19/h5-7,14,21H,3-4,9-11,13,19H2,1-2H3. The highest BCUT2D eigenvalue weighted by molar-refractivity contribution is 5.96. The quantitative estimate of drug-likeness (QED) is 0.598. The van der Waals surface area contributed by atoms with Crippen molar-refractivity contribution >= 4 is 5.78 Å². The predicted molar refractivity (Wildman–Crippen MR) is 86.1 cm³/mol. The number of aliphatic hydroxyl groups is 1. The fourth-order valence-corrected chi connectivity index (χ4v) is 2.31. The average Bonchev–Trinajstić information content (AvgIpc) is 2.46. The Morgan fingerprint density at radius 3 is 2.52 bits per heavy atom. The molecule has 0 fully saturated rings. The summed E-state index contributed by atoms with van der Waals surface area (Å²) < 4.78 is 0. The maximum Gasteiger partial charge on any atom is 0.164 e. The minimum Gasteiger partial charge on any atom is -0.378 e. The van der Waals surface area contributed by atoms with Crippen molar-refractivity contribution in [2.45, 2.75) is 51.6 Å². The number of carbonyl (C=O) groups excluding carboxylic acids is 1. The van der Waals surface area contributed by atoms with Gasteiger partial charge in [0.15, 0.2) is 5.78 Å². The molecule has 114 valence electrons. The highest BCUT2D eigenvalue weighted by atomic mass is 16.3. The second kappa shape index (κ2) is 8.61. The average molecular weight is 287 g/mol. The Bertz CT molecular complexity index is 520. The molecule has 3 N–H and O–H groups in total. The van der Waals surface area contributed by atoms with Crippen LogP contribution >= 0.6 is 0 Å². The lowest BCUT2D eigenvalue weighted by atomic mass is 9.93. The number of hydrogen-bond donors (Lipinski definition) is 2. The number of nitrogens with two attached hydrogens (primary N) is 1. The summed E-state index contributed by atoms with van der Waals surface area (Å²) in [5, 5.41) is 10.5. The number of Topliss-reactive ketones (excluding diaryl/α,β-unsaturated/α-hetero) is 1. The third-order valence-corrected chi connectivity index (χ3v) is 3.32. The van der Waals surface area contributed by atoms with Crippen LogP contribution in [0, 0.1) is 11.8 Å². The largest absolute Gasteiger partial charge is 0.378 e. The van der Waals surface area contributed by atoms with Crippen LogP contribution in [-0.2, 0) is 0 Å². The van der Waals surface area contributed by atoms with Crippen LogP contribution in [0.25, 0.3) is 0 Å². The molecule has 0 saturated heterocycles. The van der Waals surface area contributed by atoms with Gasteiger partial charge in [0.1, 0.15) is 5.60 Å². The SMILES string of the molecule is CCCC(O)(C#Cc1cccc(C(=O)CCN)c1)CCC. The molecule has 1 aromatic carbocycles. The van der Waals surface area contributed by atoms with E-state index in [-0.39, 0.29) is 5.78 Å². The van der Waals surface area contributed by atoms with Gasteiger partial charge < -0.3 is 10.8 Å². The lowest BCUT2D eigenvalue weighted by molar-refractivity contribution is 0.0807. The third kappa shape index (κ3) is 5.71. The Morgan fingerprint density at radius 2 is 1.95 bits per heavy atom. The van der Waals surface area contributed by atoms with E-state index in [0.717, 1.165) is 18.4 Å². The Labute approximate surface area is 127 Å². The summed E-state index contributed by atoms with van der Waals surface area (Å²) in [4.78, 5) is 11.8. The maximum atomic E-state index is 11.8. The van der Waals surface area contributed by atoms with Crippen LogP contribution in [0.4, 0.5) is 0 Å². The molecule has 1 aromatic rings. The van der Waals surface area contributed by atoms with Crippen molar-refractivity contribution < 1.29 is 9.90 Å². The summed E-state index contributed by atoms with van der Waals surface area (Å²) in [6, 6.07) is 7.20. The van der Waals surface area contributed by atoms with Crippen LogP contribution < -0.4 is 5.73 Å². The molecular formula is C18H25NO2. The molecule has 0 aromatic heterocycles. The summed E-state index contributed by atoms with van der Waals surface area (Å²) in [6.45, 7) is 4.42. The second-order valence-corrected chi connectivity index (χ2v) is 5.32. The van der Waals surface area contributed by atoms with Gasteiger partial charge in [-0.15, -0.1) is 0 Å². The van der Waals surface area contributed by atoms with Crippen LogP contribution in [0.3, 0.4) is 0 Å². The number of hydrogen-bond acceptors (Lipinski definition) is 3. The molecule has 0 saturated carbocycles. The van der Waals surface area contributed by atoms with Crippen molar-refractivity contribution in [3.63, 3.8) is 0 Å². The van der Waals surface area contributed by atoms with E-state index in [1.54, 1.807) is 12.1 Å². The third-order valence-electron chi connectivity index (χ3n) is 3.32. The summed E-state index contributed by atoms with van der Waals surface area (Å²) in [6.07, 6.45) is 3.45. The maximum absolute atomic E-state index is 11.8. The molecule has 0 heterocycles. The van der Waals surface area contributed by atoms with Crippen LogP contribution in [-0.4, -0.2) is 23.0 Å². The molecule has 0 aliphatic heterocycles. The van der Waals surface area contributed by atoms with Crippen molar-refractivity contribution in [3.8, 4) is 11.8 Å². The van der Waals surface area contributed by atoms with Crippen LogP contribution in [0.2, 0.25) is 0 Å². The summed E-state index contributed by atoms with van der Waals surface area (Å²) in [7, 11) is 0. The first-order valence-corrected chi connectivity index (χ1v) is 7.63.